The number of carbonyl (C=O) groups excluding carboxylic acids is 1. The van der Waals surface area contributed by atoms with Gasteiger partial charge < -0.3 is 10.6 Å². The first-order valence-corrected chi connectivity index (χ1v) is 12.1. The molecule has 6 rings (SSSR count). The van der Waals surface area contributed by atoms with Crippen LogP contribution in [0.15, 0.2) is 41.5 Å². The Balaban J connectivity index is 1.33. The first kappa shape index (κ1) is 20.2. The molecule has 2 fully saturated rings. The standard InChI is InChI=1S/C24H22ClFN4OS/c25-16-5-6-19(28-13-16)18(26)10-14-3-4-15-11-23(17(15)9-14)20-12-24(20,32-22(27)29-23)21(31)30-7-1-2-8-30/h3-6,9-10,13,20H,1-2,7-8,11-12H2,(H2,27,29)/b18-10-/t20-,23+,24-/m0/s1. The maximum absolute atomic E-state index is 14.8. The van der Waals surface area contributed by atoms with Crippen LogP contribution in [-0.2, 0) is 16.8 Å². The van der Waals surface area contributed by atoms with Gasteiger partial charge in [-0.3, -0.25) is 14.8 Å². The van der Waals surface area contributed by atoms with Crippen molar-refractivity contribution in [2.45, 2.75) is 36.0 Å². The molecule has 8 heteroatoms. The summed E-state index contributed by atoms with van der Waals surface area (Å²) in [5.41, 5.74) is 9.02. The number of benzene rings is 1. The summed E-state index contributed by atoms with van der Waals surface area (Å²) in [7, 11) is 0. The van der Waals surface area contributed by atoms with Gasteiger partial charge in [0.05, 0.1) is 16.3 Å². The average Bonchev–Trinajstić information content (AvgIpc) is 3.26. The Morgan fingerprint density at radius 1 is 1.28 bits per heavy atom. The molecule has 164 valence electrons. The van der Waals surface area contributed by atoms with Crippen LogP contribution in [0, 0.1) is 5.92 Å². The number of hydrogen-bond donors (Lipinski definition) is 1. The van der Waals surface area contributed by atoms with Crippen LogP contribution in [0.2, 0.25) is 5.02 Å². The number of halogens is 2. The minimum Gasteiger partial charge on any atom is -0.378 e. The Morgan fingerprint density at radius 2 is 2.09 bits per heavy atom. The van der Waals surface area contributed by atoms with Crippen LogP contribution in [0.25, 0.3) is 11.9 Å². The van der Waals surface area contributed by atoms with Crippen molar-refractivity contribution >= 4 is 46.3 Å². The van der Waals surface area contributed by atoms with Crippen molar-refractivity contribution in [3.63, 3.8) is 0 Å². The smallest absolute Gasteiger partial charge is 0.239 e. The van der Waals surface area contributed by atoms with E-state index in [9.17, 15) is 9.18 Å². The number of rotatable bonds is 3. The van der Waals surface area contributed by atoms with Gasteiger partial charge in [-0.2, -0.15) is 0 Å². The van der Waals surface area contributed by atoms with E-state index in [1.165, 1.54) is 29.6 Å². The molecule has 1 aromatic carbocycles. The predicted molar refractivity (Wildman–Crippen MR) is 126 cm³/mol. The number of thioether (sulfide) groups is 1. The summed E-state index contributed by atoms with van der Waals surface area (Å²) >= 11 is 7.30. The normalized spacial score (nSPS) is 30.4. The molecule has 0 bridgehead atoms. The van der Waals surface area contributed by atoms with Crippen molar-refractivity contribution in [2.24, 2.45) is 16.6 Å². The van der Waals surface area contributed by atoms with Gasteiger partial charge in [0.1, 0.15) is 10.6 Å². The van der Waals surface area contributed by atoms with E-state index < -0.39 is 16.1 Å². The number of hydrogen-bond acceptors (Lipinski definition) is 5. The summed E-state index contributed by atoms with van der Waals surface area (Å²) in [6.45, 7) is 1.67. The molecule has 2 aromatic rings. The Hall–Kier alpha value is -2.38. The van der Waals surface area contributed by atoms with Gasteiger partial charge in [0.25, 0.3) is 0 Å². The second-order valence-electron chi connectivity index (χ2n) is 9.07. The SMILES string of the molecule is NC1=N[C@@]2(Cc3ccc(/C=C(\F)c4ccc(Cl)cn4)cc32)[C@@H]2C[C@]2(C(=O)N2CCCC2)S1. The lowest BCUT2D eigenvalue weighted by atomic mass is 9.66. The van der Waals surface area contributed by atoms with Gasteiger partial charge in [-0.25, -0.2) is 4.39 Å². The highest BCUT2D eigenvalue weighted by Gasteiger charge is 2.74. The third-order valence-electron chi connectivity index (χ3n) is 7.16. The lowest BCUT2D eigenvalue weighted by molar-refractivity contribution is -0.130. The fourth-order valence-corrected chi connectivity index (χ4v) is 7.03. The number of likely N-dealkylation sites (tertiary alicyclic amines) is 1. The van der Waals surface area contributed by atoms with Crippen molar-refractivity contribution in [3.8, 4) is 0 Å². The van der Waals surface area contributed by atoms with Gasteiger partial charge >= 0.3 is 0 Å². The molecular formula is C24H22ClFN4OS. The number of nitrogens with zero attached hydrogens (tertiary/aromatic N) is 3. The summed E-state index contributed by atoms with van der Waals surface area (Å²) in [5.74, 6) is -0.0799. The molecule has 1 saturated heterocycles. The van der Waals surface area contributed by atoms with Gasteiger partial charge in [0.15, 0.2) is 5.17 Å². The quantitative estimate of drug-likeness (QED) is 0.724. The van der Waals surface area contributed by atoms with Gasteiger partial charge in [-0.1, -0.05) is 35.5 Å². The van der Waals surface area contributed by atoms with Crippen LogP contribution in [0.1, 0.15) is 41.6 Å². The van der Waals surface area contributed by atoms with Crippen LogP contribution < -0.4 is 5.73 Å². The van der Waals surface area contributed by atoms with Crippen molar-refractivity contribution in [3.05, 3.63) is 63.9 Å². The van der Waals surface area contributed by atoms with E-state index in [4.69, 9.17) is 22.3 Å². The highest BCUT2D eigenvalue weighted by Crippen LogP contribution is 2.70. The van der Waals surface area contributed by atoms with E-state index in [0.29, 0.717) is 10.2 Å². The summed E-state index contributed by atoms with van der Waals surface area (Å²) in [6, 6.07) is 9.09. The molecule has 1 saturated carbocycles. The topological polar surface area (TPSA) is 71.6 Å². The zero-order valence-electron chi connectivity index (χ0n) is 17.4. The van der Waals surface area contributed by atoms with Crippen molar-refractivity contribution in [1.82, 2.24) is 9.88 Å². The van der Waals surface area contributed by atoms with Gasteiger partial charge in [0, 0.05) is 31.6 Å². The highest BCUT2D eigenvalue weighted by atomic mass is 35.5. The molecule has 2 N–H and O–H groups in total. The van der Waals surface area contributed by atoms with E-state index >= 15 is 0 Å². The number of amidine groups is 1. The van der Waals surface area contributed by atoms with Crippen LogP contribution in [0.4, 0.5) is 4.39 Å². The number of aromatic nitrogens is 1. The summed E-state index contributed by atoms with van der Waals surface area (Å²) < 4.78 is 14.3. The average molecular weight is 469 g/mol. The zero-order chi connectivity index (χ0) is 22.1. The van der Waals surface area contributed by atoms with Crippen molar-refractivity contribution in [2.75, 3.05) is 13.1 Å². The third-order valence-corrected chi connectivity index (χ3v) is 8.68. The fourth-order valence-electron chi connectivity index (χ4n) is 5.53. The van der Waals surface area contributed by atoms with Crippen LogP contribution in [-0.4, -0.2) is 38.8 Å². The molecule has 0 radical (unpaired) electrons. The second-order valence-corrected chi connectivity index (χ2v) is 10.9. The minimum absolute atomic E-state index is 0.134. The molecule has 1 aromatic heterocycles. The number of pyridine rings is 1. The second kappa shape index (κ2) is 7.06. The van der Waals surface area contributed by atoms with Gasteiger partial charge in [-0.05, 0) is 60.2 Å². The molecule has 32 heavy (non-hydrogen) atoms. The van der Waals surface area contributed by atoms with Crippen molar-refractivity contribution in [1.29, 1.82) is 0 Å². The van der Waals surface area contributed by atoms with Crippen LogP contribution in [0.5, 0.6) is 0 Å². The molecule has 3 atom stereocenters. The fraction of sp³-hybridized carbons (Fsp3) is 0.375. The van der Waals surface area contributed by atoms with Gasteiger partial charge in [-0.15, -0.1) is 0 Å². The molecule has 2 aliphatic carbocycles. The zero-order valence-corrected chi connectivity index (χ0v) is 18.9. The lowest BCUT2D eigenvalue weighted by Crippen LogP contribution is -2.50. The summed E-state index contributed by atoms with van der Waals surface area (Å²) in [5, 5.41) is 0.945. The molecule has 1 spiro atoms. The Kier molecular flexibility index (Phi) is 4.46. The molecule has 2 aliphatic heterocycles. The Morgan fingerprint density at radius 3 is 2.84 bits per heavy atom. The first-order valence-electron chi connectivity index (χ1n) is 10.9. The number of fused-ring (bicyclic) bond motifs is 4. The van der Waals surface area contributed by atoms with E-state index in [1.54, 1.807) is 12.1 Å². The number of amides is 1. The van der Waals surface area contributed by atoms with Crippen molar-refractivity contribution < 1.29 is 9.18 Å². The summed E-state index contributed by atoms with van der Waals surface area (Å²) in [4.78, 5) is 24.3. The highest BCUT2D eigenvalue weighted by molar-refractivity contribution is 8.15. The predicted octanol–water partition coefficient (Wildman–Crippen LogP) is 4.40. The summed E-state index contributed by atoms with van der Waals surface area (Å²) in [6.07, 6.45) is 6.60. The van der Waals surface area contributed by atoms with E-state index in [1.807, 2.05) is 23.1 Å². The van der Waals surface area contributed by atoms with E-state index in [2.05, 4.69) is 4.98 Å². The number of carbonyl (C=O) groups is 1. The monoisotopic (exact) mass is 468 g/mol. The molecule has 3 heterocycles. The Labute approximate surface area is 194 Å². The molecule has 0 unspecified atom stereocenters. The van der Waals surface area contributed by atoms with Crippen LogP contribution in [0.3, 0.4) is 0 Å². The van der Waals surface area contributed by atoms with Crippen LogP contribution >= 0.6 is 23.4 Å². The van der Waals surface area contributed by atoms with E-state index in [0.717, 1.165) is 49.9 Å². The molecule has 5 nitrogen and oxygen atoms in total. The van der Waals surface area contributed by atoms with Gasteiger partial charge in [0.2, 0.25) is 5.91 Å². The molecule has 1 amide bonds. The minimum atomic E-state index is -0.488. The van der Waals surface area contributed by atoms with E-state index in [-0.39, 0.29) is 17.5 Å². The number of aliphatic imine (C=N–C) groups is 1. The largest absolute Gasteiger partial charge is 0.378 e. The maximum Gasteiger partial charge on any atom is 0.239 e. The third kappa shape index (κ3) is 2.94. The lowest BCUT2D eigenvalue weighted by Gasteiger charge is -2.45. The number of nitrogens with two attached hydrogens (primary N) is 1. The molecule has 4 aliphatic rings. The maximum atomic E-state index is 14.8. The Bertz CT molecular complexity index is 1190. The first-order chi connectivity index (χ1) is 15.4. The molecular weight excluding hydrogens is 447 g/mol.